The monoisotopic (exact) mass is 452 g/mol. The molecule has 168 valence electrons. The second-order valence-corrected chi connectivity index (χ2v) is 9.59. The number of hydrogen-bond acceptors (Lipinski definition) is 4. The largest absolute Gasteiger partial charge is 0.496 e. The molecule has 0 atom stereocenters. The predicted octanol–water partition coefficient (Wildman–Crippen LogP) is 4.17. The first-order chi connectivity index (χ1) is 15.2. The first-order valence-corrected chi connectivity index (χ1v) is 11.7. The first kappa shape index (κ1) is 23.3. The van der Waals surface area contributed by atoms with Crippen molar-refractivity contribution in [1.29, 1.82) is 0 Å². The van der Waals surface area contributed by atoms with Gasteiger partial charge >= 0.3 is 0 Å². The molecule has 3 aromatic carbocycles. The number of nitrogens with zero attached hydrogens (tertiary/aromatic N) is 2. The van der Waals surface area contributed by atoms with Gasteiger partial charge in [0, 0.05) is 19.2 Å². The normalized spacial score (nSPS) is 11.1. The number of benzene rings is 3. The minimum Gasteiger partial charge on any atom is -0.496 e. The molecule has 1 amide bonds. The van der Waals surface area contributed by atoms with E-state index in [1.54, 1.807) is 56.6 Å². The maximum Gasteiger partial charge on any atom is 0.264 e. The predicted molar refractivity (Wildman–Crippen MR) is 126 cm³/mol. The standard InChI is InChI=1S/C25H28N2O4S/c1-19-12-14-23(15-13-19)32(29,30)27(22-10-7-8-20(2)16-22)18-25(28)26(3)17-21-9-5-6-11-24(21)31-4/h5-16H,17-18H2,1-4H3. The molecule has 7 heteroatoms. The summed E-state index contributed by atoms with van der Waals surface area (Å²) in [6.07, 6.45) is 0. The molecule has 0 aromatic heterocycles. The van der Waals surface area contributed by atoms with Crippen molar-refractivity contribution in [2.24, 2.45) is 0 Å². The number of carbonyl (C=O) groups excluding carboxylic acids is 1. The molecule has 0 unspecified atom stereocenters. The first-order valence-electron chi connectivity index (χ1n) is 10.2. The van der Waals surface area contributed by atoms with Crippen molar-refractivity contribution < 1.29 is 17.9 Å². The van der Waals surface area contributed by atoms with E-state index in [-0.39, 0.29) is 17.3 Å². The smallest absolute Gasteiger partial charge is 0.264 e. The van der Waals surface area contributed by atoms with Crippen LogP contribution in [0.15, 0.2) is 77.7 Å². The Balaban J connectivity index is 1.92. The summed E-state index contributed by atoms with van der Waals surface area (Å²) in [5.41, 5.74) is 3.15. The summed E-state index contributed by atoms with van der Waals surface area (Å²) < 4.78 is 33.6. The minimum absolute atomic E-state index is 0.143. The fourth-order valence-electron chi connectivity index (χ4n) is 3.36. The fraction of sp³-hybridized carbons (Fsp3) is 0.240. The van der Waals surface area contributed by atoms with Crippen molar-refractivity contribution in [1.82, 2.24) is 4.90 Å². The molecule has 0 aliphatic carbocycles. The third kappa shape index (κ3) is 5.29. The number of anilines is 1. The summed E-state index contributed by atoms with van der Waals surface area (Å²) in [6.45, 7) is 3.77. The van der Waals surface area contributed by atoms with Crippen LogP contribution in [0, 0.1) is 13.8 Å². The van der Waals surface area contributed by atoms with E-state index in [0.29, 0.717) is 18.0 Å². The lowest BCUT2D eigenvalue weighted by Gasteiger charge is -2.27. The summed E-state index contributed by atoms with van der Waals surface area (Å²) in [6, 6.07) is 21.2. The Kier molecular flexibility index (Phi) is 7.20. The molecule has 0 spiro atoms. The van der Waals surface area contributed by atoms with E-state index in [0.717, 1.165) is 16.7 Å². The number of aryl methyl sites for hydroxylation is 2. The van der Waals surface area contributed by atoms with Gasteiger partial charge in [0.15, 0.2) is 0 Å². The van der Waals surface area contributed by atoms with Crippen LogP contribution in [0.4, 0.5) is 5.69 Å². The summed E-state index contributed by atoms with van der Waals surface area (Å²) in [4.78, 5) is 14.8. The Morgan fingerprint density at radius 2 is 1.59 bits per heavy atom. The zero-order valence-electron chi connectivity index (χ0n) is 18.8. The summed E-state index contributed by atoms with van der Waals surface area (Å²) in [5.74, 6) is 0.350. The molecule has 0 heterocycles. The number of likely N-dealkylation sites (N-methyl/N-ethyl adjacent to an activating group) is 1. The highest BCUT2D eigenvalue weighted by molar-refractivity contribution is 7.92. The number of amides is 1. The molecule has 0 saturated heterocycles. The SMILES string of the molecule is COc1ccccc1CN(C)C(=O)CN(c1cccc(C)c1)S(=O)(=O)c1ccc(C)cc1. The molecule has 3 aromatic rings. The van der Waals surface area contributed by atoms with Gasteiger partial charge < -0.3 is 9.64 Å². The van der Waals surface area contributed by atoms with E-state index in [9.17, 15) is 13.2 Å². The summed E-state index contributed by atoms with van der Waals surface area (Å²) in [7, 11) is -0.709. The molecular formula is C25H28N2O4S. The van der Waals surface area contributed by atoms with E-state index in [2.05, 4.69) is 0 Å². The number of sulfonamides is 1. The van der Waals surface area contributed by atoms with Crippen LogP contribution >= 0.6 is 0 Å². The highest BCUT2D eigenvalue weighted by Crippen LogP contribution is 2.25. The Labute approximate surface area is 190 Å². The molecule has 0 saturated carbocycles. The zero-order valence-corrected chi connectivity index (χ0v) is 19.6. The minimum atomic E-state index is -3.94. The number of para-hydroxylation sites is 1. The van der Waals surface area contributed by atoms with Crippen molar-refractivity contribution in [3.05, 3.63) is 89.5 Å². The molecule has 0 fully saturated rings. The second kappa shape index (κ2) is 9.87. The van der Waals surface area contributed by atoms with Crippen LogP contribution in [-0.4, -0.2) is 39.9 Å². The fourth-order valence-corrected chi connectivity index (χ4v) is 4.76. The zero-order chi connectivity index (χ0) is 23.3. The van der Waals surface area contributed by atoms with Crippen molar-refractivity contribution in [3.8, 4) is 5.75 Å². The van der Waals surface area contributed by atoms with Gasteiger partial charge in [-0.15, -0.1) is 0 Å². The van der Waals surface area contributed by atoms with Crippen molar-refractivity contribution in [3.63, 3.8) is 0 Å². The van der Waals surface area contributed by atoms with Crippen LogP contribution < -0.4 is 9.04 Å². The molecule has 0 aliphatic rings. The Hall–Kier alpha value is -3.32. The lowest BCUT2D eigenvalue weighted by atomic mass is 10.2. The number of ether oxygens (including phenoxy) is 1. The molecule has 0 radical (unpaired) electrons. The average Bonchev–Trinajstić information content (AvgIpc) is 2.77. The molecular weight excluding hydrogens is 424 g/mol. The van der Waals surface area contributed by atoms with Crippen LogP contribution in [0.2, 0.25) is 0 Å². The van der Waals surface area contributed by atoms with Crippen LogP contribution in [-0.2, 0) is 21.4 Å². The highest BCUT2D eigenvalue weighted by atomic mass is 32.2. The van der Waals surface area contributed by atoms with Gasteiger partial charge in [-0.25, -0.2) is 8.42 Å². The van der Waals surface area contributed by atoms with E-state index in [4.69, 9.17) is 4.74 Å². The van der Waals surface area contributed by atoms with Gasteiger partial charge in [0.1, 0.15) is 12.3 Å². The highest BCUT2D eigenvalue weighted by Gasteiger charge is 2.28. The van der Waals surface area contributed by atoms with Crippen molar-refractivity contribution >= 4 is 21.6 Å². The Bertz CT molecular complexity index is 1190. The Morgan fingerprint density at radius 3 is 2.25 bits per heavy atom. The molecule has 0 aliphatic heterocycles. The molecule has 3 rings (SSSR count). The van der Waals surface area contributed by atoms with Gasteiger partial charge in [0.2, 0.25) is 5.91 Å². The van der Waals surface area contributed by atoms with Gasteiger partial charge in [0.25, 0.3) is 10.0 Å². The summed E-state index contributed by atoms with van der Waals surface area (Å²) >= 11 is 0. The van der Waals surface area contributed by atoms with Crippen LogP contribution in [0.3, 0.4) is 0 Å². The molecule has 0 bridgehead atoms. The quantitative estimate of drug-likeness (QED) is 0.515. The molecule has 0 N–H and O–H groups in total. The van der Waals surface area contributed by atoms with Gasteiger partial charge in [-0.2, -0.15) is 0 Å². The maximum absolute atomic E-state index is 13.5. The van der Waals surface area contributed by atoms with Crippen LogP contribution in [0.5, 0.6) is 5.75 Å². The number of methoxy groups -OCH3 is 1. The van der Waals surface area contributed by atoms with Gasteiger partial charge in [0.05, 0.1) is 17.7 Å². The lowest BCUT2D eigenvalue weighted by Crippen LogP contribution is -2.41. The topological polar surface area (TPSA) is 66.9 Å². The number of hydrogen-bond donors (Lipinski definition) is 0. The maximum atomic E-state index is 13.5. The van der Waals surface area contributed by atoms with E-state index in [1.807, 2.05) is 44.2 Å². The lowest BCUT2D eigenvalue weighted by molar-refractivity contribution is -0.128. The van der Waals surface area contributed by atoms with Gasteiger partial charge in [-0.1, -0.05) is 48.0 Å². The third-order valence-corrected chi connectivity index (χ3v) is 6.99. The Morgan fingerprint density at radius 1 is 0.906 bits per heavy atom. The molecule has 6 nitrogen and oxygen atoms in total. The van der Waals surface area contributed by atoms with Crippen LogP contribution in [0.25, 0.3) is 0 Å². The number of carbonyl (C=O) groups is 1. The van der Waals surface area contributed by atoms with Crippen molar-refractivity contribution in [2.75, 3.05) is 25.0 Å². The molecule has 32 heavy (non-hydrogen) atoms. The average molecular weight is 453 g/mol. The van der Waals surface area contributed by atoms with E-state index >= 15 is 0 Å². The van der Waals surface area contributed by atoms with Gasteiger partial charge in [-0.3, -0.25) is 9.10 Å². The second-order valence-electron chi connectivity index (χ2n) is 7.73. The van der Waals surface area contributed by atoms with Gasteiger partial charge in [-0.05, 0) is 49.7 Å². The number of rotatable bonds is 8. The van der Waals surface area contributed by atoms with E-state index < -0.39 is 10.0 Å². The third-order valence-electron chi connectivity index (χ3n) is 5.20. The van der Waals surface area contributed by atoms with E-state index in [1.165, 1.54) is 9.21 Å². The summed E-state index contributed by atoms with van der Waals surface area (Å²) in [5, 5.41) is 0. The van der Waals surface area contributed by atoms with Crippen molar-refractivity contribution in [2.45, 2.75) is 25.3 Å². The van der Waals surface area contributed by atoms with Crippen LogP contribution in [0.1, 0.15) is 16.7 Å².